The van der Waals surface area contributed by atoms with Crippen LogP contribution < -0.4 is 4.74 Å². The van der Waals surface area contributed by atoms with E-state index in [1.54, 1.807) is 0 Å². The smallest absolute Gasteiger partial charge is 0.214 e. The summed E-state index contributed by atoms with van der Waals surface area (Å²) < 4.78 is 6.27. The number of ether oxygens (including phenoxy) is 1. The Balaban J connectivity index is 2.22. The number of hydrogen-bond donors (Lipinski definition) is 0. The fraction of sp³-hybridized carbons (Fsp3) is 0.722. The average Bonchev–Trinajstić information content (AvgIpc) is 2.46. The number of hydrogen-bond acceptors (Lipinski definition) is 2. The van der Waals surface area contributed by atoms with Gasteiger partial charge < -0.3 is 4.74 Å². The fourth-order valence-corrected chi connectivity index (χ4v) is 3.19. The van der Waals surface area contributed by atoms with Crippen LogP contribution in [0.4, 0.5) is 0 Å². The zero-order chi connectivity index (χ0) is 15.5. The van der Waals surface area contributed by atoms with Gasteiger partial charge in [-0.15, -0.1) is 11.6 Å². The maximum atomic E-state index is 6.27. The molecule has 1 aromatic rings. The molecule has 1 aromatic heterocycles. The van der Waals surface area contributed by atoms with E-state index in [0.717, 1.165) is 23.6 Å². The lowest BCUT2D eigenvalue weighted by atomic mass is 9.85. The minimum atomic E-state index is 0.0108. The Labute approximate surface area is 134 Å². The first-order valence-corrected chi connectivity index (χ1v) is 8.71. The molecule has 0 radical (unpaired) electrons. The van der Waals surface area contributed by atoms with Crippen LogP contribution in [-0.4, -0.2) is 11.1 Å². The van der Waals surface area contributed by atoms with Crippen molar-refractivity contribution in [3.63, 3.8) is 0 Å². The largest absolute Gasteiger partial charge is 0.474 e. The normalized spacial score (nSPS) is 23.1. The van der Waals surface area contributed by atoms with E-state index >= 15 is 0 Å². The van der Waals surface area contributed by atoms with Gasteiger partial charge in [-0.2, -0.15) is 0 Å². The molecule has 0 spiro atoms. The lowest BCUT2D eigenvalue weighted by Crippen LogP contribution is -2.30. The van der Waals surface area contributed by atoms with Gasteiger partial charge in [0.1, 0.15) is 6.10 Å². The van der Waals surface area contributed by atoms with E-state index in [1.807, 2.05) is 6.07 Å². The van der Waals surface area contributed by atoms with Crippen molar-refractivity contribution >= 4 is 11.6 Å². The molecule has 0 aliphatic heterocycles. The number of pyridine rings is 1. The van der Waals surface area contributed by atoms with Crippen LogP contribution in [0.15, 0.2) is 12.1 Å². The van der Waals surface area contributed by atoms with Crippen LogP contribution in [-0.2, 0) is 11.3 Å². The van der Waals surface area contributed by atoms with E-state index in [9.17, 15) is 0 Å². The van der Waals surface area contributed by atoms with E-state index < -0.39 is 0 Å². The summed E-state index contributed by atoms with van der Waals surface area (Å²) in [7, 11) is 0. The Bertz CT molecular complexity index is 467. The zero-order valence-electron chi connectivity index (χ0n) is 13.8. The van der Waals surface area contributed by atoms with Crippen LogP contribution in [0.5, 0.6) is 5.88 Å². The van der Waals surface area contributed by atoms with Crippen molar-refractivity contribution in [3.05, 3.63) is 23.4 Å². The van der Waals surface area contributed by atoms with Gasteiger partial charge in [-0.25, -0.2) is 4.98 Å². The van der Waals surface area contributed by atoms with Gasteiger partial charge in [0.15, 0.2) is 0 Å². The van der Waals surface area contributed by atoms with Gasteiger partial charge >= 0.3 is 0 Å². The summed E-state index contributed by atoms with van der Waals surface area (Å²) in [5.74, 6) is 1.92. The molecule has 1 aliphatic carbocycles. The van der Waals surface area contributed by atoms with Crippen LogP contribution in [0, 0.1) is 5.92 Å². The Morgan fingerprint density at radius 3 is 2.57 bits per heavy atom. The molecule has 118 valence electrons. The Kier molecular flexibility index (Phi) is 5.54. The maximum absolute atomic E-state index is 6.27. The van der Waals surface area contributed by atoms with Crippen molar-refractivity contribution in [2.75, 3.05) is 0 Å². The Hall–Kier alpha value is -0.760. The van der Waals surface area contributed by atoms with Gasteiger partial charge in [-0.05, 0) is 43.2 Å². The van der Waals surface area contributed by atoms with E-state index in [2.05, 4.69) is 33.8 Å². The highest BCUT2D eigenvalue weighted by molar-refractivity contribution is 6.17. The molecule has 2 atom stereocenters. The Morgan fingerprint density at radius 1 is 1.24 bits per heavy atom. The number of alkyl halides is 1. The lowest BCUT2D eigenvalue weighted by molar-refractivity contribution is 0.0853. The minimum Gasteiger partial charge on any atom is -0.474 e. The van der Waals surface area contributed by atoms with Gasteiger partial charge in [-0.1, -0.05) is 34.1 Å². The second-order valence-electron chi connectivity index (χ2n) is 7.19. The van der Waals surface area contributed by atoms with Crippen molar-refractivity contribution in [3.8, 4) is 5.88 Å². The highest BCUT2D eigenvalue weighted by Gasteiger charge is 2.26. The average molecular weight is 310 g/mol. The molecule has 2 unspecified atom stereocenters. The minimum absolute atomic E-state index is 0.0108. The number of nitrogens with zero attached hydrogens (tertiary/aromatic N) is 1. The number of aromatic nitrogens is 1. The van der Waals surface area contributed by atoms with Crippen molar-refractivity contribution in [1.82, 2.24) is 4.98 Å². The van der Waals surface area contributed by atoms with Crippen LogP contribution in [0.1, 0.15) is 71.1 Å². The highest BCUT2D eigenvalue weighted by atomic mass is 35.5. The fourth-order valence-electron chi connectivity index (χ4n) is 3.03. The van der Waals surface area contributed by atoms with Gasteiger partial charge in [0, 0.05) is 17.4 Å². The predicted molar refractivity (Wildman–Crippen MR) is 89.2 cm³/mol. The molecule has 2 nitrogen and oxygen atoms in total. The molecule has 21 heavy (non-hydrogen) atoms. The summed E-state index contributed by atoms with van der Waals surface area (Å²) >= 11 is 6.04. The SMILES string of the molecule is CCC1CCCCC1Oc1cc(CCl)cc(C(C)(C)C)n1. The molecule has 0 amide bonds. The second-order valence-corrected chi connectivity index (χ2v) is 7.46. The molecule has 3 heteroatoms. The molecular formula is C18H28ClNO. The third kappa shape index (κ3) is 4.35. The van der Waals surface area contributed by atoms with E-state index in [0.29, 0.717) is 17.9 Å². The van der Waals surface area contributed by atoms with Gasteiger partial charge in [0.25, 0.3) is 0 Å². The molecule has 0 aromatic carbocycles. The van der Waals surface area contributed by atoms with Crippen molar-refractivity contribution in [2.45, 2.75) is 77.2 Å². The standard InChI is InChI=1S/C18H28ClNO/c1-5-14-8-6-7-9-15(14)21-17-11-13(12-19)10-16(20-17)18(2,3)4/h10-11,14-15H,5-9,12H2,1-4H3. The van der Waals surface area contributed by atoms with Gasteiger partial charge in [0.05, 0.1) is 5.69 Å². The summed E-state index contributed by atoms with van der Waals surface area (Å²) in [5, 5.41) is 0. The highest BCUT2D eigenvalue weighted by Crippen LogP contribution is 2.31. The number of rotatable bonds is 4. The summed E-state index contributed by atoms with van der Waals surface area (Å²) in [6, 6.07) is 4.10. The summed E-state index contributed by atoms with van der Waals surface area (Å²) in [5.41, 5.74) is 2.16. The van der Waals surface area contributed by atoms with Crippen molar-refractivity contribution in [2.24, 2.45) is 5.92 Å². The molecule has 0 N–H and O–H groups in total. The summed E-state index contributed by atoms with van der Waals surface area (Å²) in [6.07, 6.45) is 6.53. The predicted octanol–water partition coefficient (Wildman–Crippen LogP) is 5.47. The zero-order valence-corrected chi connectivity index (χ0v) is 14.5. The first kappa shape index (κ1) is 16.6. The monoisotopic (exact) mass is 309 g/mol. The van der Waals surface area contributed by atoms with Crippen molar-refractivity contribution in [1.29, 1.82) is 0 Å². The quantitative estimate of drug-likeness (QED) is 0.688. The first-order chi connectivity index (χ1) is 9.94. The maximum Gasteiger partial charge on any atom is 0.214 e. The third-order valence-corrected chi connectivity index (χ3v) is 4.73. The van der Waals surface area contributed by atoms with Crippen LogP contribution >= 0.6 is 11.6 Å². The lowest BCUT2D eigenvalue weighted by Gasteiger charge is -2.31. The van der Waals surface area contributed by atoms with Crippen LogP contribution in [0.3, 0.4) is 0 Å². The van der Waals surface area contributed by atoms with E-state index in [1.165, 1.54) is 25.7 Å². The molecule has 1 saturated carbocycles. The van der Waals surface area contributed by atoms with Gasteiger partial charge in [0.2, 0.25) is 5.88 Å². The van der Waals surface area contributed by atoms with E-state index in [-0.39, 0.29) is 5.41 Å². The van der Waals surface area contributed by atoms with Crippen LogP contribution in [0.25, 0.3) is 0 Å². The van der Waals surface area contributed by atoms with Crippen molar-refractivity contribution < 1.29 is 4.74 Å². The molecular weight excluding hydrogens is 282 g/mol. The van der Waals surface area contributed by atoms with Crippen LogP contribution in [0.2, 0.25) is 0 Å². The van der Waals surface area contributed by atoms with E-state index in [4.69, 9.17) is 21.3 Å². The van der Waals surface area contributed by atoms with Gasteiger partial charge in [-0.3, -0.25) is 0 Å². The topological polar surface area (TPSA) is 22.1 Å². The molecule has 0 bridgehead atoms. The third-order valence-electron chi connectivity index (χ3n) is 4.42. The molecule has 2 rings (SSSR count). The molecule has 0 saturated heterocycles. The summed E-state index contributed by atoms with van der Waals surface area (Å²) in [6.45, 7) is 8.78. The Morgan fingerprint density at radius 2 is 1.95 bits per heavy atom. The first-order valence-electron chi connectivity index (χ1n) is 8.18. The molecule has 1 fully saturated rings. The second kappa shape index (κ2) is 7.00. The summed E-state index contributed by atoms with van der Waals surface area (Å²) in [4.78, 5) is 4.73. The molecule has 1 heterocycles. The molecule has 1 aliphatic rings. The number of halogens is 1.